The molecule has 0 aromatic heterocycles. The number of nitrogens with one attached hydrogen (secondary N) is 2. The van der Waals surface area contributed by atoms with Gasteiger partial charge in [-0.3, -0.25) is 14.4 Å². The van der Waals surface area contributed by atoms with Gasteiger partial charge < -0.3 is 15.8 Å². The summed E-state index contributed by atoms with van der Waals surface area (Å²) in [4.78, 5) is 34.7. The van der Waals surface area contributed by atoms with E-state index >= 15 is 0 Å². The van der Waals surface area contributed by atoms with Crippen LogP contribution in [-0.2, 0) is 19.7 Å². The Morgan fingerprint density at radius 3 is 2.59 bits per heavy atom. The van der Waals surface area contributed by atoms with Crippen molar-refractivity contribution in [1.29, 1.82) is 0 Å². The van der Waals surface area contributed by atoms with Crippen LogP contribution in [0.4, 0.5) is 0 Å². The molecule has 11 nitrogen and oxygen atoms in total. The van der Waals surface area contributed by atoms with E-state index in [1.807, 2.05) is 0 Å². The van der Waals surface area contributed by atoms with Gasteiger partial charge in [-0.15, -0.1) is 0 Å². The second kappa shape index (κ2) is 12.1. The van der Waals surface area contributed by atoms with Crippen LogP contribution in [0.2, 0.25) is 10.0 Å². The van der Waals surface area contributed by atoms with Gasteiger partial charge in [0.15, 0.2) is 5.84 Å². The van der Waals surface area contributed by atoms with E-state index in [1.165, 1.54) is 6.07 Å². The fourth-order valence-corrected chi connectivity index (χ4v) is 6.75. The average Bonchev–Trinajstić information content (AvgIpc) is 2.88. The van der Waals surface area contributed by atoms with Crippen LogP contribution in [0, 0.1) is 0 Å². The first kappa shape index (κ1) is 29.1. The van der Waals surface area contributed by atoms with Gasteiger partial charge in [-0.1, -0.05) is 65.5 Å². The number of oxime groups is 1. The van der Waals surface area contributed by atoms with Crippen LogP contribution in [-0.4, -0.2) is 61.1 Å². The molecule has 1 saturated carbocycles. The van der Waals surface area contributed by atoms with E-state index in [0.29, 0.717) is 34.6 Å². The van der Waals surface area contributed by atoms with Crippen LogP contribution < -0.4 is 15.9 Å². The molecular weight excluding hydrogens is 569 g/mol. The third-order valence-electron chi connectivity index (χ3n) is 6.91. The van der Waals surface area contributed by atoms with E-state index in [9.17, 15) is 18.0 Å². The Labute approximate surface area is 236 Å². The molecule has 210 valence electrons. The Hall–Kier alpha value is -2.90. The summed E-state index contributed by atoms with van der Waals surface area (Å²) in [5.74, 6) is -2.23. The van der Waals surface area contributed by atoms with Gasteiger partial charge in [0.2, 0.25) is 10.0 Å². The van der Waals surface area contributed by atoms with Crippen molar-refractivity contribution in [2.45, 2.75) is 49.7 Å². The minimum Gasteiger partial charge on any atom is -0.409 e. The summed E-state index contributed by atoms with van der Waals surface area (Å²) in [6.07, 6.45) is 3.65. The van der Waals surface area contributed by atoms with Gasteiger partial charge in [0.25, 0.3) is 11.8 Å². The lowest BCUT2D eigenvalue weighted by Gasteiger charge is -2.49. The quantitative estimate of drug-likeness (QED) is 0.157. The normalized spacial score (nSPS) is 23.8. The number of amidine groups is 1. The maximum absolute atomic E-state index is 14.2. The molecule has 1 aliphatic heterocycles. The van der Waals surface area contributed by atoms with Crippen molar-refractivity contribution in [2.75, 3.05) is 12.9 Å². The molecule has 0 radical (unpaired) electrons. The second-order valence-corrected chi connectivity index (χ2v) is 12.2. The van der Waals surface area contributed by atoms with Crippen molar-refractivity contribution in [3.63, 3.8) is 0 Å². The van der Waals surface area contributed by atoms with Gasteiger partial charge >= 0.3 is 0 Å². The van der Waals surface area contributed by atoms with Crippen molar-refractivity contribution < 1.29 is 28.1 Å². The molecule has 0 unspecified atom stereocenters. The molecule has 4 rings (SSSR count). The number of benzene rings is 2. The lowest BCUT2D eigenvalue weighted by molar-refractivity contribution is -0.136. The molecule has 1 aliphatic carbocycles. The summed E-state index contributed by atoms with van der Waals surface area (Å²) >= 11 is 12.8. The molecule has 2 aromatic carbocycles. The van der Waals surface area contributed by atoms with Crippen molar-refractivity contribution in [3.05, 3.63) is 69.2 Å². The van der Waals surface area contributed by atoms with Gasteiger partial charge in [0.1, 0.15) is 6.61 Å². The number of fused-ring (bicyclic) bond motifs is 1. The van der Waals surface area contributed by atoms with E-state index in [1.54, 1.807) is 41.3 Å². The molecule has 2 aliphatic rings. The second-order valence-electron chi connectivity index (χ2n) is 9.58. The van der Waals surface area contributed by atoms with Crippen molar-refractivity contribution in [1.82, 2.24) is 15.1 Å². The molecule has 2 aromatic rings. The van der Waals surface area contributed by atoms with Crippen LogP contribution in [0.25, 0.3) is 0 Å². The van der Waals surface area contributed by atoms with Crippen molar-refractivity contribution in [3.8, 4) is 0 Å². The number of carbonyl (C=O) groups excluding carboxylic acids is 2. The van der Waals surface area contributed by atoms with Crippen LogP contribution in [0.3, 0.4) is 0 Å². The first-order valence-corrected chi connectivity index (χ1v) is 14.9. The zero-order valence-corrected chi connectivity index (χ0v) is 23.3. The Morgan fingerprint density at radius 2 is 1.90 bits per heavy atom. The average molecular weight is 599 g/mol. The summed E-state index contributed by atoms with van der Waals surface area (Å²) in [7, 11) is -3.60. The Balaban J connectivity index is 1.87. The first-order chi connectivity index (χ1) is 18.5. The number of nitrogens with zero attached hydrogens (tertiary/aromatic N) is 2. The number of nitrogens with two attached hydrogens (primary N) is 1. The smallest absolute Gasteiger partial charge is 0.255 e. The molecule has 0 bridgehead atoms. The van der Waals surface area contributed by atoms with Gasteiger partial charge in [0, 0.05) is 27.7 Å². The maximum Gasteiger partial charge on any atom is 0.255 e. The van der Waals surface area contributed by atoms with Crippen LogP contribution in [0.5, 0.6) is 0 Å². The fraction of sp³-hybridized carbons (Fsp3) is 0.400. The van der Waals surface area contributed by atoms with E-state index in [0.717, 1.165) is 19.1 Å². The molecular formula is C25H29Cl2N5O6S. The van der Waals surface area contributed by atoms with E-state index < -0.39 is 40.0 Å². The molecule has 1 fully saturated rings. The monoisotopic (exact) mass is 597 g/mol. The highest BCUT2D eigenvalue weighted by molar-refractivity contribution is 7.88. The highest BCUT2D eigenvalue weighted by Gasteiger charge is 2.49. The maximum atomic E-state index is 14.2. The van der Waals surface area contributed by atoms with Gasteiger partial charge in [-0.25, -0.2) is 18.6 Å². The van der Waals surface area contributed by atoms with Crippen LogP contribution in [0.15, 0.2) is 47.6 Å². The summed E-state index contributed by atoms with van der Waals surface area (Å²) < 4.78 is 27.2. The van der Waals surface area contributed by atoms with Gasteiger partial charge in [-0.2, -0.15) is 0 Å². The van der Waals surface area contributed by atoms with Crippen LogP contribution in [0.1, 0.15) is 59.1 Å². The Bertz CT molecular complexity index is 1390. The third kappa shape index (κ3) is 6.47. The fourth-order valence-electron chi connectivity index (χ4n) is 5.40. The summed E-state index contributed by atoms with van der Waals surface area (Å²) in [6.45, 7) is -0.380. The third-order valence-corrected chi connectivity index (χ3v) is 8.21. The molecule has 0 saturated heterocycles. The number of halogens is 2. The Kier molecular flexibility index (Phi) is 9.02. The zero-order valence-electron chi connectivity index (χ0n) is 21.0. The predicted molar refractivity (Wildman–Crippen MR) is 146 cm³/mol. The molecule has 4 atom stereocenters. The molecule has 5 N–H and O–H groups in total. The highest BCUT2D eigenvalue weighted by Crippen LogP contribution is 2.47. The minimum atomic E-state index is -3.60. The molecule has 1 heterocycles. The number of hydrogen-bond donors (Lipinski definition) is 4. The summed E-state index contributed by atoms with van der Waals surface area (Å²) in [5, 5.41) is 12.2. The standard InChI is InChI=1S/C25H29Cl2N5O6S/c1-39(36,37)31-19-8-4-5-9-20(19)32-23(17-11-10-14(26)12-18(17)27)22(24(33)30-38-13-21(28)29-35)15-6-2-3-7-16(15)25(32)34/h2-3,6-7,10-12,19-20,22-23,31,35H,4-5,8-9,13H2,1H3,(H2,28,29)(H,30,33)/t19-,20-,22+,23-/m0/s1. The van der Waals surface area contributed by atoms with Crippen molar-refractivity contribution >= 4 is 50.9 Å². The number of hydroxylamine groups is 1. The molecule has 14 heteroatoms. The van der Waals surface area contributed by atoms with E-state index in [2.05, 4.69) is 15.4 Å². The Morgan fingerprint density at radius 1 is 1.18 bits per heavy atom. The number of carbonyl (C=O) groups is 2. The van der Waals surface area contributed by atoms with Crippen LogP contribution >= 0.6 is 23.2 Å². The van der Waals surface area contributed by atoms with Crippen molar-refractivity contribution in [2.24, 2.45) is 10.9 Å². The van der Waals surface area contributed by atoms with Gasteiger partial charge in [-0.05, 0) is 42.2 Å². The van der Waals surface area contributed by atoms with E-state index in [-0.39, 0.29) is 23.4 Å². The highest BCUT2D eigenvalue weighted by atomic mass is 35.5. The SMILES string of the molecule is CS(=O)(=O)N[C@H]1CCCC[C@@H]1N1C(=O)c2ccccc2[C@@H](C(=O)NOC/C(N)=N/O)[C@@H]1c1ccc(Cl)cc1Cl. The first-order valence-electron chi connectivity index (χ1n) is 12.2. The lowest BCUT2D eigenvalue weighted by atomic mass is 9.76. The number of amides is 2. The minimum absolute atomic E-state index is 0.239. The molecule has 0 spiro atoms. The number of sulfonamides is 1. The topological polar surface area (TPSA) is 163 Å². The van der Waals surface area contributed by atoms with E-state index in [4.69, 9.17) is 39.0 Å². The predicted octanol–water partition coefficient (Wildman–Crippen LogP) is 2.93. The number of rotatable bonds is 8. The lowest BCUT2D eigenvalue weighted by Crippen LogP contribution is -2.59. The summed E-state index contributed by atoms with van der Waals surface area (Å²) in [5.41, 5.74) is 9.02. The molecule has 39 heavy (non-hydrogen) atoms. The number of hydrogen-bond acceptors (Lipinski definition) is 7. The largest absolute Gasteiger partial charge is 0.409 e. The zero-order chi connectivity index (χ0) is 28.3. The van der Waals surface area contributed by atoms with Gasteiger partial charge in [0.05, 0.1) is 18.2 Å². The summed E-state index contributed by atoms with van der Waals surface area (Å²) in [6, 6.07) is 9.44. The molecule has 2 amide bonds.